The molecule has 1 amide bonds. The van der Waals surface area contributed by atoms with Crippen molar-refractivity contribution in [2.45, 2.75) is 12.8 Å². The highest BCUT2D eigenvalue weighted by molar-refractivity contribution is 5.85. The Morgan fingerprint density at radius 1 is 1.50 bits per heavy atom. The van der Waals surface area contributed by atoms with Gasteiger partial charge in [-0.15, -0.1) is 12.4 Å². The fourth-order valence-electron chi connectivity index (χ4n) is 1.80. The van der Waals surface area contributed by atoms with Crippen LogP contribution in [0.25, 0.3) is 0 Å². The van der Waals surface area contributed by atoms with E-state index in [-0.39, 0.29) is 24.9 Å². The molecule has 1 aliphatic heterocycles. The molecule has 0 aliphatic carbocycles. The molecule has 4 nitrogen and oxygen atoms in total. The zero-order valence-electron chi connectivity index (χ0n) is 8.66. The highest BCUT2D eigenvalue weighted by atomic mass is 35.5. The van der Waals surface area contributed by atoms with Crippen molar-refractivity contribution in [2.75, 3.05) is 33.2 Å². The van der Waals surface area contributed by atoms with Gasteiger partial charge in [-0.1, -0.05) is 0 Å². The van der Waals surface area contributed by atoms with E-state index in [0.717, 1.165) is 38.4 Å². The fraction of sp³-hybridized carbons (Fsp3) is 0.889. The van der Waals surface area contributed by atoms with E-state index in [1.807, 2.05) is 11.9 Å². The summed E-state index contributed by atoms with van der Waals surface area (Å²) in [5.41, 5.74) is 5.29. The van der Waals surface area contributed by atoms with Gasteiger partial charge < -0.3 is 16.0 Å². The zero-order valence-corrected chi connectivity index (χ0v) is 9.48. The monoisotopic (exact) mass is 221 g/mol. The molecular formula is C9H20ClN3O. The van der Waals surface area contributed by atoms with Crippen LogP contribution in [-0.4, -0.2) is 44.0 Å². The summed E-state index contributed by atoms with van der Waals surface area (Å²) in [5, 5.41) is 3.17. The Bertz CT molecular complexity index is 169. The number of nitrogens with one attached hydrogen (secondary N) is 1. The molecule has 84 valence electrons. The van der Waals surface area contributed by atoms with Gasteiger partial charge >= 0.3 is 0 Å². The van der Waals surface area contributed by atoms with Gasteiger partial charge in [0, 0.05) is 13.1 Å². The van der Waals surface area contributed by atoms with Crippen LogP contribution < -0.4 is 11.1 Å². The van der Waals surface area contributed by atoms with Crippen LogP contribution in [0.2, 0.25) is 0 Å². The lowest BCUT2D eigenvalue weighted by Gasteiger charge is -2.31. The van der Waals surface area contributed by atoms with Gasteiger partial charge in [-0.25, -0.2) is 0 Å². The molecule has 1 saturated heterocycles. The Labute approximate surface area is 91.6 Å². The van der Waals surface area contributed by atoms with E-state index in [1.54, 1.807) is 0 Å². The summed E-state index contributed by atoms with van der Waals surface area (Å²) in [6, 6.07) is 0. The van der Waals surface area contributed by atoms with E-state index in [4.69, 9.17) is 5.73 Å². The first-order valence-corrected chi connectivity index (χ1v) is 4.90. The van der Waals surface area contributed by atoms with Crippen LogP contribution in [0, 0.1) is 5.92 Å². The molecule has 0 aromatic carbocycles. The molecule has 1 aliphatic rings. The smallest absolute Gasteiger partial charge is 0.236 e. The number of nitrogens with zero attached hydrogens (tertiary/aromatic N) is 1. The van der Waals surface area contributed by atoms with E-state index in [1.165, 1.54) is 0 Å². The maximum atomic E-state index is 11.2. The highest BCUT2D eigenvalue weighted by Crippen LogP contribution is 2.15. The quantitative estimate of drug-likeness (QED) is 0.696. The minimum atomic E-state index is 0. The Balaban J connectivity index is 0.00000169. The van der Waals surface area contributed by atoms with Crippen LogP contribution in [0.15, 0.2) is 0 Å². The van der Waals surface area contributed by atoms with Crippen molar-refractivity contribution in [2.24, 2.45) is 11.7 Å². The van der Waals surface area contributed by atoms with Crippen molar-refractivity contribution in [1.82, 2.24) is 10.2 Å². The second-order valence-corrected chi connectivity index (χ2v) is 3.59. The van der Waals surface area contributed by atoms with Gasteiger partial charge in [-0.05, 0) is 32.4 Å². The summed E-state index contributed by atoms with van der Waals surface area (Å²) < 4.78 is 0. The normalized spacial score (nSPS) is 17.7. The van der Waals surface area contributed by atoms with Gasteiger partial charge in [0.25, 0.3) is 0 Å². The minimum absolute atomic E-state index is 0. The standard InChI is InChI=1S/C9H19N3O.ClH/c1-11-7-8-2-4-12(5-3-8)9(13)6-10;/h8,11H,2-7,10H2,1H3;1H. The summed E-state index contributed by atoms with van der Waals surface area (Å²) in [4.78, 5) is 13.1. The molecular weight excluding hydrogens is 202 g/mol. The number of piperidine rings is 1. The Hall–Kier alpha value is -0.320. The molecule has 1 fully saturated rings. The molecule has 0 unspecified atom stereocenters. The van der Waals surface area contributed by atoms with Crippen molar-refractivity contribution in [3.63, 3.8) is 0 Å². The van der Waals surface area contributed by atoms with Gasteiger partial charge in [0.15, 0.2) is 0 Å². The summed E-state index contributed by atoms with van der Waals surface area (Å²) in [7, 11) is 1.97. The second kappa shape index (κ2) is 7.04. The number of hydrogen-bond donors (Lipinski definition) is 2. The molecule has 0 aromatic rings. The van der Waals surface area contributed by atoms with Gasteiger partial charge in [0.1, 0.15) is 0 Å². The van der Waals surface area contributed by atoms with Crippen molar-refractivity contribution in [3.05, 3.63) is 0 Å². The number of likely N-dealkylation sites (tertiary alicyclic amines) is 1. The first-order chi connectivity index (χ1) is 6.27. The molecule has 1 heterocycles. The Morgan fingerprint density at radius 2 is 2.07 bits per heavy atom. The largest absolute Gasteiger partial charge is 0.342 e. The van der Waals surface area contributed by atoms with Gasteiger partial charge in [-0.2, -0.15) is 0 Å². The van der Waals surface area contributed by atoms with E-state index >= 15 is 0 Å². The van der Waals surface area contributed by atoms with E-state index in [0.29, 0.717) is 0 Å². The maximum absolute atomic E-state index is 11.2. The molecule has 0 spiro atoms. The third-order valence-corrected chi connectivity index (χ3v) is 2.63. The number of amides is 1. The number of halogens is 1. The van der Waals surface area contributed by atoms with Crippen LogP contribution in [0.1, 0.15) is 12.8 Å². The lowest BCUT2D eigenvalue weighted by atomic mass is 9.97. The predicted molar refractivity (Wildman–Crippen MR) is 59.5 cm³/mol. The number of rotatable bonds is 3. The highest BCUT2D eigenvalue weighted by Gasteiger charge is 2.20. The van der Waals surface area contributed by atoms with Gasteiger partial charge in [0.05, 0.1) is 6.54 Å². The molecule has 1 rings (SSSR count). The number of carbonyl (C=O) groups is 1. The van der Waals surface area contributed by atoms with E-state index < -0.39 is 0 Å². The second-order valence-electron chi connectivity index (χ2n) is 3.59. The SMILES string of the molecule is CNCC1CCN(C(=O)CN)CC1.Cl. The van der Waals surface area contributed by atoms with Gasteiger partial charge in [0.2, 0.25) is 5.91 Å². The molecule has 0 radical (unpaired) electrons. The summed E-state index contributed by atoms with van der Waals surface area (Å²) in [6.07, 6.45) is 2.21. The average molecular weight is 222 g/mol. The van der Waals surface area contributed by atoms with E-state index in [9.17, 15) is 4.79 Å². The molecule has 0 aromatic heterocycles. The molecule has 0 bridgehead atoms. The summed E-state index contributed by atoms with van der Waals surface area (Å²) >= 11 is 0. The van der Waals surface area contributed by atoms with Crippen LogP contribution in [-0.2, 0) is 4.79 Å². The molecule has 5 heteroatoms. The van der Waals surface area contributed by atoms with Crippen molar-refractivity contribution >= 4 is 18.3 Å². The van der Waals surface area contributed by atoms with Crippen LogP contribution in [0.3, 0.4) is 0 Å². The lowest BCUT2D eigenvalue weighted by Crippen LogP contribution is -2.43. The minimum Gasteiger partial charge on any atom is -0.342 e. The van der Waals surface area contributed by atoms with Crippen LogP contribution in [0.5, 0.6) is 0 Å². The maximum Gasteiger partial charge on any atom is 0.236 e. The average Bonchev–Trinajstić information content (AvgIpc) is 2.18. The lowest BCUT2D eigenvalue weighted by molar-refractivity contribution is -0.131. The Kier molecular flexibility index (Phi) is 6.87. The van der Waals surface area contributed by atoms with Crippen LogP contribution >= 0.6 is 12.4 Å². The first-order valence-electron chi connectivity index (χ1n) is 4.90. The van der Waals surface area contributed by atoms with Crippen molar-refractivity contribution in [1.29, 1.82) is 0 Å². The summed E-state index contributed by atoms with van der Waals surface area (Å²) in [5.74, 6) is 0.815. The van der Waals surface area contributed by atoms with Gasteiger partial charge in [-0.3, -0.25) is 4.79 Å². The molecule has 3 N–H and O–H groups in total. The summed E-state index contributed by atoms with van der Waals surface area (Å²) in [6.45, 7) is 2.96. The number of nitrogens with two attached hydrogens (primary N) is 1. The third kappa shape index (κ3) is 3.82. The molecule has 14 heavy (non-hydrogen) atoms. The van der Waals surface area contributed by atoms with Crippen LogP contribution in [0.4, 0.5) is 0 Å². The number of carbonyl (C=O) groups excluding carboxylic acids is 1. The zero-order chi connectivity index (χ0) is 9.68. The van der Waals surface area contributed by atoms with Crippen molar-refractivity contribution in [3.8, 4) is 0 Å². The Morgan fingerprint density at radius 3 is 2.50 bits per heavy atom. The van der Waals surface area contributed by atoms with Crippen molar-refractivity contribution < 1.29 is 4.79 Å². The topological polar surface area (TPSA) is 58.4 Å². The third-order valence-electron chi connectivity index (χ3n) is 2.63. The number of hydrogen-bond acceptors (Lipinski definition) is 3. The fourth-order valence-corrected chi connectivity index (χ4v) is 1.80. The predicted octanol–water partition coefficient (Wildman–Crippen LogP) is -0.175. The van der Waals surface area contributed by atoms with E-state index in [2.05, 4.69) is 5.32 Å². The molecule has 0 saturated carbocycles. The molecule has 0 atom stereocenters. The first kappa shape index (κ1) is 13.7.